The van der Waals surface area contributed by atoms with E-state index in [9.17, 15) is 9.90 Å². The number of nitrogens with zero attached hydrogens (tertiary/aromatic N) is 5. The van der Waals surface area contributed by atoms with Crippen molar-refractivity contribution in [1.29, 1.82) is 0 Å². The van der Waals surface area contributed by atoms with Gasteiger partial charge in [-0.1, -0.05) is 25.5 Å². The molecule has 8 nitrogen and oxygen atoms in total. The lowest BCUT2D eigenvalue weighted by Gasteiger charge is -2.19. The molecule has 1 unspecified atom stereocenters. The number of aromatic nitrogens is 4. The van der Waals surface area contributed by atoms with E-state index in [2.05, 4.69) is 39.7 Å². The van der Waals surface area contributed by atoms with Crippen LogP contribution in [0.15, 0.2) is 36.4 Å². The average molecular weight is 463 g/mol. The third-order valence-corrected chi connectivity index (χ3v) is 6.71. The summed E-state index contributed by atoms with van der Waals surface area (Å²) in [7, 11) is 2.15. The van der Waals surface area contributed by atoms with Gasteiger partial charge in [0, 0.05) is 35.8 Å². The molecule has 1 aliphatic heterocycles. The Bertz CT molecular complexity index is 1140. The largest absolute Gasteiger partial charge is 0.507 e. The van der Waals surface area contributed by atoms with Crippen molar-refractivity contribution in [3.63, 3.8) is 0 Å². The average Bonchev–Trinajstić information content (AvgIpc) is 3.46. The van der Waals surface area contributed by atoms with Crippen molar-refractivity contribution in [1.82, 2.24) is 30.4 Å². The zero-order valence-electron chi connectivity index (χ0n) is 20.3. The molecule has 1 atom stereocenters. The highest BCUT2D eigenvalue weighted by Gasteiger charge is 2.21. The Morgan fingerprint density at radius 1 is 1.24 bits per heavy atom. The van der Waals surface area contributed by atoms with Gasteiger partial charge in [0.2, 0.25) is 0 Å². The lowest BCUT2D eigenvalue weighted by atomic mass is 9.96. The maximum absolute atomic E-state index is 12.8. The van der Waals surface area contributed by atoms with Gasteiger partial charge < -0.3 is 15.3 Å². The van der Waals surface area contributed by atoms with E-state index < -0.39 is 0 Å². The smallest absolute Gasteiger partial charge is 0.251 e. The first kappa shape index (κ1) is 23.9. The number of aromatic hydroxyl groups is 1. The number of aryl methyl sites for hydroxylation is 2. The van der Waals surface area contributed by atoms with E-state index in [1.807, 2.05) is 31.2 Å². The first-order valence-electron chi connectivity index (χ1n) is 12.2. The molecule has 0 radical (unpaired) electrons. The minimum absolute atomic E-state index is 0.0992. The minimum Gasteiger partial charge on any atom is -0.507 e. The van der Waals surface area contributed by atoms with Crippen LogP contribution in [0.3, 0.4) is 0 Å². The van der Waals surface area contributed by atoms with Crippen molar-refractivity contribution >= 4 is 5.91 Å². The van der Waals surface area contributed by atoms with Gasteiger partial charge in [-0.25, -0.2) is 4.68 Å². The number of benzene rings is 2. The number of phenolic OH excluding ortho intramolecular Hbond substituents is 1. The second-order valence-corrected chi connectivity index (χ2v) is 9.17. The molecule has 0 saturated carbocycles. The fraction of sp³-hybridized carbons (Fsp3) is 0.462. The molecule has 3 aromatic rings. The molecule has 0 spiro atoms. The van der Waals surface area contributed by atoms with Gasteiger partial charge in [-0.3, -0.25) is 4.79 Å². The Morgan fingerprint density at radius 3 is 2.85 bits per heavy atom. The van der Waals surface area contributed by atoms with Gasteiger partial charge >= 0.3 is 0 Å². The summed E-state index contributed by atoms with van der Waals surface area (Å²) < 4.78 is 1.80. The van der Waals surface area contributed by atoms with E-state index in [0.29, 0.717) is 29.5 Å². The van der Waals surface area contributed by atoms with Gasteiger partial charge in [-0.15, -0.1) is 5.10 Å². The van der Waals surface area contributed by atoms with Gasteiger partial charge in [0.1, 0.15) is 5.75 Å². The summed E-state index contributed by atoms with van der Waals surface area (Å²) in [6, 6.07) is 11.6. The fourth-order valence-corrected chi connectivity index (χ4v) is 4.65. The van der Waals surface area contributed by atoms with Crippen LogP contribution >= 0.6 is 0 Å². The monoisotopic (exact) mass is 462 g/mol. The molecule has 4 rings (SSSR count). The molecule has 2 heterocycles. The molecule has 0 bridgehead atoms. The summed E-state index contributed by atoms with van der Waals surface area (Å²) in [5, 5.41) is 26.0. The van der Waals surface area contributed by atoms with Gasteiger partial charge in [0.15, 0.2) is 5.82 Å². The number of likely N-dealkylation sites (tertiary alicyclic amines) is 1. The van der Waals surface area contributed by atoms with Crippen LogP contribution in [-0.2, 0) is 6.54 Å². The van der Waals surface area contributed by atoms with Crippen LogP contribution in [0, 0.1) is 6.92 Å². The van der Waals surface area contributed by atoms with Crippen molar-refractivity contribution in [2.75, 3.05) is 20.1 Å². The molecular weight excluding hydrogens is 428 g/mol. The molecule has 1 aromatic heterocycles. The highest BCUT2D eigenvalue weighted by Crippen LogP contribution is 2.35. The summed E-state index contributed by atoms with van der Waals surface area (Å²) in [6.45, 7) is 6.58. The van der Waals surface area contributed by atoms with Crippen molar-refractivity contribution in [3.8, 4) is 28.3 Å². The zero-order chi connectivity index (χ0) is 24.1. The number of carbonyl (C=O) groups is 1. The van der Waals surface area contributed by atoms with E-state index in [1.54, 1.807) is 16.8 Å². The summed E-state index contributed by atoms with van der Waals surface area (Å²) >= 11 is 0. The van der Waals surface area contributed by atoms with Crippen LogP contribution in [0.25, 0.3) is 22.5 Å². The predicted molar refractivity (Wildman–Crippen MR) is 133 cm³/mol. The topological polar surface area (TPSA) is 96.2 Å². The summed E-state index contributed by atoms with van der Waals surface area (Å²) in [6.07, 6.45) is 5.40. The maximum atomic E-state index is 12.8. The number of unbranched alkanes of at least 4 members (excludes halogenated alkanes) is 1. The second kappa shape index (κ2) is 10.8. The number of amides is 1. The van der Waals surface area contributed by atoms with Crippen molar-refractivity contribution < 1.29 is 9.90 Å². The zero-order valence-corrected chi connectivity index (χ0v) is 20.3. The van der Waals surface area contributed by atoms with Gasteiger partial charge in [0.05, 0.1) is 0 Å². The molecule has 34 heavy (non-hydrogen) atoms. The number of hydrogen-bond donors (Lipinski definition) is 2. The van der Waals surface area contributed by atoms with Crippen LogP contribution in [0.5, 0.6) is 5.75 Å². The maximum Gasteiger partial charge on any atom is 0.251 e. The van der Waals surface area contributed by atoms with Crippen molar-refractivity contribution in [2.24, 2.45) is 0 Å². The van der Waals surface area contributed by atoms with E-state index in [0.717, 1.165) is 49.0 Å². The van der Waals surface area contributed by atoms with Crippen LogP contribution in [-0.4, -0.2) is 62.3 Å². The lowest BCUT2D eigenvalue weighted by molar-refractivity contribution is 0.0950. The van der Waals surface area contributed by atoms with Crippen LogP contribution in [0.1, 0.15) is 54.9 Å². The molecule has 0 aliphatic carbocycles. The quantitative estimate of drug-likeness (QED) is 0.498. The van der Waals surface area contributed by atoms with E-state index in [1.165, 1.54) is 12.8 Å². The third kappa shape index (κ3) is 5.28. The SMILES string of the molecule is CCCCn1nnnc1-c1cc(-c2cccc(C(=O)NCCC3CCCN3C)c2)c(O)cc1C. The first-order chi connectivity index (χ1) is 16.5. The number of hydrogen-bond acceptors (Lipinski definition) is 6. The van der Waals surface area contributed by atoms with Crippen LogP contribution in [0.4, 0.5) is 0 Å². The Hall–Kier alpha value is -3.26. The van der Waals surface area contributed by atoms with Crippen LogP contribution in [0.2, 0.25) is 0 Å². The van der Waals surface area contributed by atoms with Gasteiger partial charge in [-0.2, -0.15) is 0 Å². The lowest BCUT2D eigenvalue weighted by Crippen LogP contribution is -2.31. The highest BCUT2D eigenvalue weighted by atomic mass is 16.3. The normalized spacial score (nSPS) is 16.1. The number of nitrogens with one attached hydrogen (secondary N) is 1. The van der Waals surface area contributed by atoms with Crippen LogP contribution < -0.4 is 5.32 Å². The number of tetrazole rings is 1. The molecule has 1 saturated heterocycles. The fourth-order valence-electron chi connectivity index (χ4n) is 4.65. The third-order valence-electron chi connectivity index (χ3n) is 6.71. The van der Waals surface area contributed by atoms with Gasteiger partial charge in [-0.05, 0) is 92.0 Å². The van der Waals surface area contributed by atoms with E-state index in [-0.39, 0.29) is 11.7 Å². The van der Waals surface area contributed by atoms with Crippen molar-refractivity contribution in [3.05, 3.63) is 47.5 Å². The molecule has 1 fully saturated rings. The first-order valence-corrected chi connectivity index (χ1v) is 12.2. The van der Waals surface area contributed by atoms with E-state index in [4.69, 9.17) is 0 Å². The molecule has 1 aliphatic rings. The second-order valence-electron chi connectivity index (χ2n) is 9.17. The van der Waals surface area contributed by atoms with E-state index >= 15 is 0 Å². The number of rotatable bonds is 9. The molecule has 8 heteroatoms. The standard InChI is InChI=1S/C26H34N6O2/c1-4-5-14-32-25(28-29-30-32)22-17-23(24(33)15-18(22)2)19-8-6-9-20(16-19)26(34)27-12-11-21-10-7-13-31(21)3/h6,8-9,15-17,21,33H,4-5,7,10-14H2,1-3H3,(H,27,34). The Balaban J connectivity index is 1.54. The summed E-state index contributed by atoms with van der Waals surface area (Å²) in [5.41, 5.74) is 3.75. The van der Waals surface area contributed by atoms with Crippen molar-refractivity contribution in [2.45, 2.75) is 58.5 Å². The highest BCUT2D eigenvalue weighted by molar-refractivity contribution is 5.95. The Morgan fingerprint density at radius 2 is 2.09 bits per heavy atom. The molecular formula is C26H34N6O2. The number of carbonyl (C=O) groups excluding carboxylic acids is 1. The van der Waals surface area contributed by atoms with Gasteiger partial charge in [0.25, 0.3) is 5.91 Å². The Labute approximate surface area is 201 Å². The molecule has 2 aromatic carbocycles. The predicted octanol–water partition coefficient (Wildman–Crippen LogP) is 4.04. The minimum atomic E-state index is -0.0992. The molecule has 2 N–H and O–H groups in total. The Kier molecular flexibility index (Phi) is 7.57. The molecule has 1 amide bonds. The summed E-state index contributed by atoms with van der Waals surface area (Å²) in [5.74, 6) is 0.742. The number of phenols is 1. The molecule has 180 valence electrons. The summed E-state index contributed by atoms with van der Waals surface area (Å²) in [4.78, 5) is 15.2.